The molecule has 1 atom stereocenters. The Labute approximate surface area is 161 Å². The van der Waals surface area contributed by atoms with Gasteiger partial charge in [0.25, 0.3) is 0 Å². The van der Waals surface area contributed by atoms with Gasteiger partial charge in [-0.15, -0.1) is 11.3 Å². The van der Waals surface area contributed by atoms with Crippen LogP contribution in [0.4, 0.5) is 4.79 Å². The van der Waals surface area contributed by atoms with Crippen molar-refractivity contribution in [3.63, 3.8) is 0 Å². The molecule has 0 radical (unpaired) electrons. The number of nitrogens with one attached hydrogen (secondary N) is 3. The summed E-state index contributed by atoms with van der Waals surface area (Å²) in [5, 5.41) is 12.6. The van der Waals surface area contributed by atoms with Crippen molar-refractivity contribution in [2.24, 2.45) is 10.9 Å². The molecule has 1 amide bonds. The molecule has 1 aromatic heterocycles. The van der Waals surface area contributed by atoms with Gasteiger partial charge in [0.15, 0.2) is 5.96 Å². The van der Waals surface area contributed by atoms with E-state index in [4.69, 9.17) is 4.74 Å². The zero-order chi connectivity index (χ0) is 19.5. The van der Waals surface area contributed by atoms with Gasteiger partial charge in [0.1, 0.15) is 5.01 Å². The molecule has 0 aromatic carbocycles. The molecule has 0 fully saturated rings. The predicted molar refractivity (Wildman–Crippen MR) is 108 cm³/mol. The number of guanidine groups is 1. The van der Waals surface area contributed by atoms with Crippen LogP contribution < -0.4 is 16.0 Å². The minimum absolute atomic E-state index is 0.0278. The third-order valence-corrected chi connectivity index (χ3v) is 4.53. The SMILES string of the molecule is CCOC(=O)NC(CNC(=NC)NCc1nc(C(C)C)cs1)CC(C)C. The van der Waals surface area contributed by atoms with Crippen molar-refractivity contribution in [3.05, 3.63) is 16.1 Å². The molecule has 0 spiro atoms. The summed E-state index contributed by atoms with van der Waals surface area (Å²) in [7, 11) is 1.73. The first-order valence-corrected chi connectivity index (χ1v) is 10.1. The van der Waals surface area contributed by atoms with E-state index in [1.54, 1.807) is 25.3 Å². The highest BCUT2D eigenvalue weighted by Crippen LogP contribution is 2.17. The highest BCUT2D eigenvalue weighted by molar-refractivity contribution is 7.09. The van der Waals surface area contributed by atoms with E-state index in [0.717, 1.165) is 17.1 Å². The molecular formula is C18H33N5O2S. The maximum atomic E-state index is 11.7. The molecule has 7 nitrogen and oxygen atoms in total. The first-order chi connectivity index (χ1) is 12.3. The Hall–Kier alpha value is -1.83. The van der Waals surface area contributed by atoms with Crippen molar-refractivity contribution in [1.29, 1.82) is 0 Å². The summed E-state index contributed by atoms with van der Waals surface area (Å²) >= 11 is 1.65. The van der Waals surface area contributed by atoms with Gasteiger partial charge in [-0.3, -0.25) is 4.99 Å². The van der Waals surface area contributed by atoms with Crippen LogP contribution in [0, 0.1) is 5.92 Å². The lowest BCUT2D eigenvalue weighted by atomic mass is 10.0. The van der Waals surface area contributed by atoms with E-state index in [-0.39, 0.29) is 12.1 Å². The van der Waals surface area contributed by atoms with Gasteiger partial charge in [-0.2, -0.15) is 0 Å². The van der Waals surface area contributed by atoms with E-state index < -0.39 is 0 Å². The highest BCUT2D eigenvalue weighted by atomic mass is 32.1. The molecule has 0 aliphatic heterocycles. The number of ether oxygens (including phenoxy) is 1. The highest BCUT2D eigenvalue weighted by Gasteiger charge is 2.15. The average molecular weight is 384 g/mol. The molecule has 1 rings (SSSR count). The summed E-state index contributed by atoms with van der Waals surface area (Å²) < 4.78 is 4.98. The molecule has 1 aromatic rings. The van der Waals surface area contributed by atoms with Gasteiger partial charge in [0.2, 0.25) is 0 Å². The lowest BCUT2D eigenvalue weighted by Gasteiger charge is -2.22. The van der Waals surface area contributed by atoms with Crippen LogP contribution in [0.25, 0.3) is 0 Å². The average Bonchev–Trinajstić information content (AvgIpc) is 3.03. The van der Waals surface area contributed by atoms with Crippen molar-refractivity contribution in [2.75, 3.05) is 20.2 Å². The van der Waals surface area contributed by atoms with E-state index in [9.17, 15) is 4.79 Å². The molecule has 1 unspecified atom stereocenters. The van der Waals surface area contributed by atoms with Crippen molar-refractivity contribution in [2.45, 2.75) is 59.5 Å². The van der Waals surface area contributed by atoms with E-state index in [1.807, 2.05) is 0 Å². The van der Waals surface area contributed by atoms with Gasteiger partial charge in [0, 0.05) is 25.0 Å². The molecule has 0 aliphatic rings. The van der Waals surface area contributed by atoms with Crippen LogP contribution in [0.1, 0.15) is 57.7 Å². The summed E-state index contributed by atoms with van der Waals surface area (Å²) in [5.74, 6) is 1.58. The van der Waals surface area contributed by atoms with Gasteiger partial charge in [-0.1, -0.05) is 27.7 Å². The summed E-state index contributed by atoms with van der Waals surface area (Å²) in [6.45, 7) is 11.9. The normalized spacial score (nSPS) is 13.0. The number of nitrogens with zero attached hydrogens (tertiary/aromatic N) is 2. The number of aromatic nitrogens is 1. The summed E-state index contributed by atoms with van der Waals surface area (Å²) in [4.78, 5) is 20.6. The van der Waals surface area contributed by atoms with E-state index in [1.165, 1.54) is 0 Å². The number of amides is 1. The first kappa shape index (κ1) is 22.2. The standard InChI is InChI=1S/C18H33N5O2S/c1-7-25-18(24)22-14(8-12(2)3)9-20-17(19-6)21-10-16-23-15(11-26-16)13(4)5/h11-14H,7-10H2,1-6H3,(H,22,24)(H2,19,20,21). The minimum Gasteiger partial charge on any atom is -0.450 e. The topological polar surface area (TPSA) is 87.6 Å². The summed E-state index contributed by atoms with van der Waals surface area (Å²) in [5.41, 5.74) is 1.12. The molecule has 0 aliphatic carbocycles. The van der Waals surface area contributed by atoms with Crippen molar-refractivity contribution < 1.29 is 9.53 Å². The third kappa shape index (κ3) is 8.51. The van der Waals surface area contributed by atoms with Crippen molar-refractivity contribution >= 4 is 23.4 Å². The zero-order valence-corrected chi connectivity index (χ0v) is 17.6. The smallest absolute Gasteiger partial charge is 0.407 e. The Kier molecular flexibility index (Phi) is 10.0. The van der Waals surface area contributed by atoms with E-state index in [0.29, 0.717) is 37.5 Å². The lowest BCUT2D eigenvalue weighted by molar-refractivity contribution is 0.146. The second-order valence-corrected chi connectivity index (χ2v) is 7.76. The van der Waals surface area contributed by atoms with Crippen LogP contribution >= 0.6 is 11.3 Å². The van der Waals surface area contributed by atoms with Crippen LogP contribution in [-0.4, -0.2) is 43.3 Å². The molecule has 8 heteroatoms. The summed E-state index contributed by atoms with van der Waals surface area (Å²) in [6.07, 6.45) is 0.472. The van der Waals surface area contributed by atoms with Crippen molar-refractivity contribution in [1.82, 2.24) is 20.9 Å². The molecule has 26 heavy (non-hydrogen) atoms. The maximum absolute atomic E-state index is 11.7. The van der Waals surface area contributed by atoms with Gasteiger partial charge < -0.3 is 20.7 Å². The van der Waals surface area contributed by atoms with E-state index in [2.05, 4.69) is 59.0 Å². The monoisotopic (exact) mass is 383 g/mol. The summed E-state index contributed by atoms with van der Waals surface area (Å²) in [6, 6.07) is -0.0278. The van der Waals surface area contributed by atoms with Crippen LogP contribution in [0.5, 0.6) is 0 Å². The maximum Gasteiger partial charge on any atom is 0.407 e. The van der Waals surface area contributed by atoms with Crippen LogP contribution in [-0.2, 0) is 11.3 Å². The minimum atomic E-state index is -0.383. The van der Waals surface area contributed by atoms with Gasteiger partial charge >= 0.3 is 6.09 Å². The Morgan fingerprint density at radius 3 is 2.58 bits per heavy atom. The predicted octanol–water partition coefficient (Wildman–Crippen LogP) is 3.09. The second kappa shape index (κ2) is 11.7. The number of rotatable bonds is 9. The van der Waals surface area contributed by atoms with Crippen molar-refractivity contribution in [3.8, 4) is 0 Å². The van der Waals surface area contributed by atoms with Gasteiger partial charge in [0.05, 0.1) is 18.8 Å². The quantitative estimate of drug-likeness (QED) is 0.450. The van der Waals surface area contributed by atoms with Crippen LogP contribution in [0.15, 0.2) is 10.4 Å². The largest absolute Gasteiger partial charge is 0.450 e. The van der Waals surface area contributed by atoms with Gasteiger partial charge in [-0.05, 0) is 25.2 Å². The number of carbonyl (C=O) groups excluding carboxylic acids is 1. The molecule has 148 valence electrons. The number of hydrogen-bond donors (Lipinski definition) is 3. The fourth-order valence-corrected chi connectivity index (χ4v) is 3.27. The Balaban J connectivity index is 2.51. The number of hydrogen-bond acceptors (Lipinski definition) is 5. The fourth-order valence-electron chi connectivity index (χ4n) is 2.37. The zero-order valence-electron chi connectivity index (χ0n) is 16.8. The second-order valence-electron chi connectivity index (χ2n) is 6.82. The molecular weight excluding hydrogens is 350 g/mol. The molecule has 1 heterocycles. The number of aliphatic imine (C=N–C) groups is 1. The molecule has 0 saturated carbocycles. The molecule has 0 saturated heterocycles. The van der Waals surface area contributed by atoms with Crippen LogP contribution in [0.3, 0.4) is 0 Å². The Morgan fingerprint density at radius 2 is 2.04 bits per heavy atom. The first-order valence-electron chi connectivity index (χ1n) is 9.17. The Bertz CT molecular complexity index is 572. The van der Waals surface area contributed by atoms with E-state index >= 15 is 0 Å². The number of alkyl carbamates (subject to hydrolysis) is 1. The number of thiazole rings is 1. The third-order valence-electron chi connectivity index (χ3n) is 3.66. The fraction of sp³-hybridized carbons (Fsp3) is 0.722. The molecule has 0 bridgehead atoms. The van der Waals surface area contributed by atoms with Crippen LogP contribution in [0.2, 0.25) is 0 Å². The lowest BCUT2D eigenvalue weighted by Crippen LogP contribution is -2.47. The molecule has 3 N–H and O–H groups in total. The Morgan fingerprint density at radius 1 is 1.31 bits per heavy atom. The number of carbonyl (C=O) groups is 1. The van der Waals surface area contributed by atoms with Gasteiger partial charge in [-0.25, -0.2) is 9.78 Å².